The van der Waals surface area contributed by atoms with Crippen LogP contribution in [-0.2, 0) is 18.1 Å². The van der Waals surface area contributed by atoms with Crippen molar-refractivity contribution in [2.24, 2.45) is 0 Å². The molecule has 0 saturated heterocycles. The first kappa shape index (κ1) is 18.9. The van der Waals surface area contributed by atoms with E-state index in [9.17, 15) is 16.8 Å². The Morgan fingerprint density at radius 1 is 0.846 bits per heavy atom. The van der Waals surface area contributed by atoms with Gasteiger partial charge in [-0.25, -0.2) is 16.8 Å². The summed E-state index contributed by atoms with van der Waals surface area (Å²) in [5.41, 5.74) is 2.15. The van der Waals surface area contributed by atoms with Crippen molar-refractivity contribution < 1.29 is 21.4 Å². The van der Waals surface area contributed by atoms with Crippen LogP contribution in [0.4, 0.5) is 0 Å². The average Bonchev–Trinajstić information content (AvgIpc) is 2.95. The second kappa shape index (κ2) is 6.70. The number of nitrogens with zero attached hydrogens (tertiary/aromatic N) is 1. The molecule has 26 heavy (non-hydrogen) atoms. The van der Waals surface area contributed by atoms with E-state index in [2.05, 4.69) is 5.16 Å². The number of halogens is 2. The molecule has 0 amide bonds. The summed E-state index contributed by atoms with van der Waals surface area (Å²) in [4.78, 5) is -0.0966. The molecule has 0 atom stereocenters. The second-order valence-corrected chi connectivity index (χ2v) is 10.5. The van der Waals surface area contributed by atoms with E-state index in [4.69, 9.17) is 25.9 Å². The minimum atomic E-state index is -3.89. The van der Waals surface area contributed by atoms with Gasteiger partial charge in [0, 0.05) is 26.9 Å². The molecule has 2 aromatic carbocycles. The molecule has 10 heteroatoms. The highest BCUT2D eigenvalue weighted by atomic mass is 35.7. The highest BCUT2D eigenvalue weighted by molar-refractivity contribution is 8.14. The zero-order valence-corrected chi connectivity index (χ0v) is 16.3. The van der Waals surface area contributed by atoms with Gasteiger partial charge in [0.2, 0.25) is 0 Å². The number of hydrogen-bond donors (Lipinski definition) is 0. The molecule has 0 aliphatic rings. The maximum Gasteiger partial charge on any atom is 0.261 e. The van der Waals surface area contributed by atoms with Crippen LogP contribution in [0.2, 0.25) is 0 Å². The Kier molecular flexibility index (Phi) is 4.87. The summed E-state index contributed by atoms with van der Waals surface area (Å²) in [5, 5.41) is 4.00. The van der Waals surface area contributed by atoms with Crippen LogP contribution >= 0.6 is 21.4 Å². The van der Waals surface area contributed by atoms with Crippen LogP contribution in [0.3, 0.4) is 0 Å². The smallest absolute Gasteiger partial charge is 0.261 e. The molecule has 1 aromatic heterocycles. The average molecular weight is 432 g/mol. The minimum Gasteiger partial charge on any atom is -0.360 e. The van der Waals surface area contributed by atoms with Crippen LogP contribution in [0, 0.1) is 6.92 Å². The van der Waals surface area contributed by atoms with Crippen molar-refractivity contribution in [1.29, 1.82) is 0 Å². The molecule has 0 N–H and O–H groups in total. The summed E-state index contributed by atoms with van der Waals surface area (Å²) < 4.78 is 51.1. The van der Waals surface area contributed by atoms with Crippen LogP contribution in [0.5, 0.6) is 0 Å². The molecule has 0 fully saturated rings. The van der Waals surface area contributed by atoms with Crippen LogP contribution in [0.15, 0.2) is 62.8 Å². The van der Waals surface area contributed by atoms with Gasteiger partial charge in [-0.15, -0.1) is 0 Å². The van der Waals surface area contributed by atoms with E-state index in [-0.39, 0.29) is 9.79 Å². The number of rotatable bonds is 4. The number of aromatic nitrogens is 1. The Balaban J connectivity index is 2.14. The van der Waals surface area contributed by atoms with Gasteiger partial charge in [-0.3, -0.25) is 0 Å². The predicted molar refractivity (Wildman–Crippen MR) is 98.2 cm³/mol. The van der Waals surface area contributed by atoms with E-state index >= 15 is 0 Å². The molecule has 3 aromatic rings. The molecule has 0 radical (unpaired) electrons. The van der Waals surface area contributed by atoms with E-state index in [0.717, 1.165) is 0 Å². The molecule has 0 aliphatic carbocycles. The monoisotopic (exact) mass is 431 g/mol. The number of hydrogen-bond acceptors (Lipinski definition) is 6. The lowest BCUT2D eigenvalue weighted by Gasteiger charge is -2.05. The zero-order valence-electron chi connectivity index (χ0n) is 13.2. The van der Waals surface area contributed by atoms with Gasteiger partial charge in [0.15, 0.2) is 0 Å². The van der Waals surface area contributed by atoms with Crippen molar-refractivity contribution in [2.75, 3.05) is 0 Å². The molecule has 0 spiro atoms. The predicted octanol–water partition coefficient (Wildman–Crippen LogP) is 4.17. The lowest BCUT2D eigenvalue weighted by atomic mass is 10.00. The molecule has 0 bridgehead atoms. The fraction of sp³-hybridized carbons (Fsp3) is 0.0625. The van der Waals surface area contributed by atoms with E-state index in [0.29, 0.717) is 28.1 Å². The van der Waals surface area contributed by atoms with Gasteiger partial charge >= 0.3 is 0 Å². The highest BCUT2D eigenvalue weighted by Gasteiger charge is 2.19. The lowest BCUT2D eigenvalue weighted by Crippen LogP contribution is -1.92. The van der Waals surface area contributed by atoms with Gasteiger partial charge in [0.1, 0.15) is 11.5 Å². The summed E-state index contributed by atoms with van der Waals surface area (Å²) in [6, 6.07) is 11.9. The fourth-order valence-corrected chi connectivity index (χ4v) is 4.05. The first-order valence-corrected chi connectivity index (χ1v) is 11.8. The third-order valence-electron chi connectivity index (χ3n) is 3.68. The molecule has 136 valence electrons. The molecule has 0 unspecified atom stereocenters. The van der Waals surface area contributed by atoms with Gasteiger partial charge in [0.05, 0.1) is 15.4 Å². The second-order valence-electron chi connectivity index (χ2n) is 5.39. The van der Waals surface area contributed by atoms with Crippen molar-refractivity contribution >= 4 is 39.5 Å². The van der Waals surface area contributed by atoms with Gasteiger partial charge in [-0.05, 0) is 36.8 Å². The Labute approximate surface area is 159 Å². The molecular formula is C16H11Cl2NO5S2. The zero-order chi connectivity index (χ0) is 19.1. The summed E-state index contributed by atoms with van der Waals surface area (Å²) in [6.07, 6.45) is 0. The minimum absolute atomic E-state index is 0.0335. The van der Waals surface area contributed by atoms with Crippen molar-refractivity contribution in [2.45, 2.75) is 16.7 Å². The van der Waals surface area contributed by atoms with E-state index in [1.165, 1.54) is 24.3 Å². The first-order chi connectivity index (χ1) is 12.1. The third-order valence-corrected chi connectivity index (χ3v) is 6.40. The van der Waals surface area contributed by atoms with Gasteiger partial charge in [-0.2, -0.15) is 0 Å². The molecule has 0 saturated carbocycles. The summed E-state index contributed by atoms with van der Waals surface area (Å²) in [6.45, 7) is 1.69. The fourth-order valence-electron chi connectivity index (χ4n) is 2.49. The number of benzene rings is 2. The van der Waals surface area contributed by atoms with E-state index in [1.807, 2.05) is 0 Å². The Hall–Kier alpha value is -1.87. The molecule has 6 nitrogen and oxygen atoms in total. The summed E-state index contributed by atoms with van der Waals surface area (Å²) >= 11 is 0. The lowest BCUT2D eigenvalue weighted by molar-refractivity contribution is 0.400. The molecule has 0 aliphatic heterocycles. The molecule has 1 heterocycles. The molecule has 3 rings (SSSR count). The van der Waals surface area contributed by atoms with Crippen molar-refractivity contribution in [3.05, 3.63) is 54.3 Å². The Bertz CT molecular complexity index is 1180. The van der Waals surface area contributed by atoms with Crippen molar-refractivity contribution in [3.63, 3.8) is 0 Å². The van der Waals surface area contributed by atoms with E-state index < -0.39 is 18.1 Å². The van der Waals surface area contributed by atoms with Gasteiger partial charge < -0.3 is 4.52 Å². The van der Waals surface area contributed by atoms with Crippen LogP contribution in [-0.4, -0.2) is 22.0 Å². The quantitative estimate of drug-likeness (QED) is 0.575. The SMILES string of the molecule is Cc1onc(-c2cccc(S(=O)(=O)Cl)c2)c1-c1ccc(S(=O)(=O)Cl)cc1. The maximum atomic E-state index is 11.6. The summed E-state index contributed by atoms with van der Waals surface area (Å²) in [7, 11) is 3.00. The highest BCUT2D eigenvalue weighted by Crippen LogP contribution is 2.35. The van der Waals surface area contributed by atoms with Crippen molar-refractivity contribution in [3.8, 4) is 22.4 Å². The normalized spacial score (nSPS) is 12.3. The maximum absolute atomic E-state index is 11.6. The Morgan fingerprint density at radius 2 is 1.46 bits per heavy atom. The molecular weight excluding hydrogens is 421 g/mol. The van der Waals surface area contributed by atoms with Crippen LogP contribution < -0.4 is 0 Å². The standard InChI is InChI=1S/C16H11Cl2NO5S2/c1-10-15(11-5-7-13(8-6-11)25(17,20)21)16(19-24-10)12-3-2-4-14(9-12)26(18,22)23/h2-9H,1H3. The van der Waals surface area contributed by atoms with Gasteiger partial charge in [-0.1, -0.05) is 29.4 Å². The number of aryl methyl sites for hydroxylation is 1. The topological polar surface area (TPSA) is 94.3 Å². The third kappa shape index (κ3) is 3.78. The van der Waals surface area contributed by atoms with Crippen molar-refractivity contribution in [1.82, 2.24) is 5.16 Å². The van der Waals surface area contributed by atoms with Crippen LogP contribution in [0.25, 0.3) is 22.4 Å². The van der Waals surface area contributed by atoms with Crippen LogP contribution in [0.1, 0.15) is 5.76 Å². The first-order valence-electron chi connectivity index (χ1n) is 7.14. The largest absolute Gasteiger partial charge is 0.360 e. The van der Waals surface area contributed by atoms with Gasteiger partial charge in [0.25, 0.3) is 18.1 Å². The van der Waals surface area contributed by atoms with E-state index in [1.54, 1.807) is 31.2 Å². The summed E-state index contributed by atoms with van der Waals surface area (Å²) in [5.74, 6) is 0.487. The Morgan fingerprint density at radius 3 is 2.04 bits per heavy atom.